The van der Waals surface area contributed by atoms with E-state index in [1.165, 1.54) is 19.3 Å². The van der Waals surface area contributed by atoms with Crippen LogP contribution in [0.15, 0.2) is 28.7 Å². The fraction of sp³-hybridized carbons (Fsp3) is 0.600. The predicted molar refractivity (Wildman–Crippen MR) is 103 cm³/mol. The summed E-state index contributed by atoms with van der Waals surface area (Å²) in [7, 11) is 0. The van der Waals surface area contributed by atoms with E-state index in [0.717, 1.165) is 29.5 Å². The summed E-state index contributed by atoms with van der Waals surface area (Å²) in [5.41, 5.74) is 0.603. The highest BCUT2D eigenvalue weighted by Crippen LogP contribution is 2.41. The van der Waals surface area contributed by atoms with Crippen LogP contribution in [0.3, 0.4) is 0 Å². The number of benzene rings is 1. The molecule has 1 saturated carbocycles. The predicted octanol–water partition coefficient (Wildman–Crippen LogP) is 4.60. The van der Waals surface area contributed by atoms with Crippen LogP contribution in [-0.4, -0.2) is 29.3 Å². The molecule has 136 valence electrons. The van der Waals surface area contributed by atoms with E-state index in [1.54, 1.807) is 0 Å². The maximum absolute atomic E-state index is 13.0. The number of hydrogen-bond donors (Lipinski definition) is 1. The second-order valence-electron chi connectivity index (χ2n) is 8.06. The van der Waals surface area contributed by atoms with Crippen LogP contribution in [0, 0.1) is 11.3 Å². The smallest absolute Gasteiger partial charge is 0.227 e. The normalized spacial score (nSPS) is 23.7. The summed E-state index contributed by atoms with van der Waals surface area (Å²) < 4.78 is 0.973. The third-order valence-corrected chi connectivity index (χ3v) is 6.16. The molecule has 1 aromatic carbocycles. The molecule has 1 aromatic rings. The molecule has 25 heavy (non-hydrogen) atoms. The van der Waals surface area contributed by atoms with E-state index in [1.807, 2.05) is 24.3 Å². The summed E-state index contributed by atoms with van der Waals surface area (Å²) in [6.07, 6.45) is 6.18. The molecule has 1 saturated heterocycles. The first kappa shape index (κ1) is 18.4. The number of hydrogen-bond acceptors (Lipinski definition) is 2. The van der Waals surface area contributed by atoms with Crippen molar-refractivity contribution in [2.75, 3.05) is 11.9 Å². The lowest BCUT2D eigenvalue weighted by Crippen LogP contribution is -2.39. The van der Waals surface area contributed by atoms with Crippen LogP contribution in [0.25, 0.3) is 0 Å². The van der Waals surface area contributed by atoms with Gasteiger partial charge < -0.3 is 10.2 Å². The Labute approximate surface area is 158 Å². The number of anilines is 1. The van der Waals surface area contributed by atoms with E-state index in [2.05, 4.69) is 40.0 Å². The molecule has 0 aromatic heterocycles. The van der Waals surface area contributed by atoms with Gasteiger partial charge in [-0.15, -0.1) is 0 Å². The van der Waals surface area contributed by atoms with Gasteiger partial charge in [-0.05, 0) is 42.5 Å². The fourth-order valence-corrected chi connectivity index (χ4v) is 4.42. The Hall–Kier alpha value is -1.36. The Kier molecular flexibility index (Phi) is 5.52. The molecular weight excluding hydrogens is 380 g/mol. The molecule has 1 atom stereocenters. The number of carbonyl (C=O) groups excluding carboxylic acids is 2. The first-order valence-electron chi connectivity index (χ1n) is 9.23. The molecule has 2 amide bonds. The second-order valence-corrected chi connectivity index (χ2v) is 8.97. The van der Waals surface area contributed by atoms with Crippen molar-refractivity contribution in [1.29, 1.82) is 0 Å². The van der Waals surface area contributed by atoms with E-state index in [4.69, 9.17) is 0 Å². The van der Waals surface area contributed by atoms with Gasteiger partial charge in [0.05, 0.1) is 5.92 Å². The van der Waals surface area contributed by atoms with Crippen molar-refractivity contribution in [3.05, 3.63) is 28.7 Å². The van der Waals surface area contributed by atoms with E-state index in [-0.39, 0.29) is 29.6 Å². The maximum Gasteiger partial charge on any atom is 0.227 e. The number of amides is 2. The summed E-state index contributed by atoms with van der Waals surface area (Å²) in [5, 5.41) is 2.92. The summed E-state index contributed by atoms with van der Waals surface area (Å²) >= 11 is 3.39. The van der Waals surface area contributed by atoms with Crippen molar-refractivity contribution in [3.63, 3.8) is 0 Å². The third-order valence-electron chi connectivity index (χ3n) is 5.64. The highest BCUT2D eigenvalue weighted by atomic mass is 79.9. The minimum absolute atomic E-state index is 0.0840. The summed E-state index contributed by atoms with van der Waals surface area (Å²) in [6.45, 7) is 5.00. The zero-order chi connectivity index (χ0) is 18.0. The maximum atomic E-state index is 13.0. The molecule has 0 spiro atoms. The Balaban J connectivity index is 1.64. The van der Waals surface area contributed by atoms with Crippen molar-refractivity contribution >= 4 is 33.4 Å². The van der Waals surface area contributed by atoms with E-state index in [0.29, 0.717) is 6.04 Å². The monoisotopic (exact) mass is 406 g/mol. The zero-order valence-corrected chi connectivity index (χ0v) is 16.6. The lowest BCUT2D eigenvalue weighted by Gasteiger charge is -2.32. The lowest BCUT2D eigenvalue weighted by atomic mass is 9.79. The first-order chi connectivity index (χ1) is 11.9. The van der Waals surface area contributed by atoms with E-state index in [9.17, 15) is 9.59 Å². The molecule has 1 aliphatic heterocycles. The van der Waals surface area contributed by atoms with Crippen LogP contribution < -0.4 is 5.32 Å². The number of likely N-dealkylation sites (tertiary alicyclic amines) is 1. The van der Waals surface area contributed by atoms with Gasteiger partial charge in [0.15, 0.2) is 0 Å². The molecule has 5 heteroatoms. The minimum Gasteiger partial charge on any atom is -0.339 e. The molecule has 1 heterocycles. The van der Waals surface area contributed by atoms with Crippen LogP contribution in [-0.2, 0) is 9.59 Å². The van der Waals surface area contributed by atoms with Crippen LogP contribution in [0.5, 0.6) is 0 Å². The van der Waals surface area contributed by atoms with Crippen molar-refractivity contribution in [2.45, 2.75) is 58.4 Å². The van der Waals surface area contributed by atoms with Gasteiger partial charge in [0.25, 0.3) is 0 Å². The van der Waals surface area contributed by atoms with Crippen LogP contribution >= 0.6 is 15.9 Å². The number of nitrogens with zero attached hydrogens (tertiary/aromatic N) is 1. The molecule has 0 radical (unpaired) electrons. The molecule has 4 nitrogen and oxygen atoms in total. The highest BCUT2D eigenvalue weighted by Gasteiger charge is 2.48. The molecule has 1 N–H and O–H groups in total. The minimum atomic E-state index is -0.232. The average Bonchev–Trinajstić information content (AvgIpc) is 2.81. The van der Waals surface area contributed by atoms with Gasteiger partial charge in [-0.1, -0.05) is 49.0 Å². The Bertz CT molecular complexity index is 636. The topological polar surface area (TPSA) is 49.4 Å². The van der Waals surface area contributed by atoms with Crippen LogP contribution in [0.4, 0.5) is 5.69 Å². The van der Waals surface area contributed by atoms with E-state index < -0.39 is 0 Å². The van der Waals surface area contributed by atoms with Gasteiger partial charge >= 0.3 is 0 Å². The van der Waals surface area contributed by atoms with Crippen molar-refractivity contribution in [1.82, 2.24) is 4.90 Å². The van der Waals surface area contributed by atoms with Gasteiger partial charge in [0.2, 0.25) is 11.8 Å². The quantitative estimate of drug-likeness (QED) is 0.794. The second kappa shape index (κ2) is 7.48. The average molecular weight is 407 g/mol. The van der Waals surface area contributed by atoms with Gasteiger partial charge in [0.1, 0.15) is 0 Å². The zero-order valence-electron chi connectivity index (χ0n) is 15.1. The molecule has 0 unspecified atom stereocenters. The van der Waals surface area contributed by atoms with Crippen LogP contribution in [0.1, 0.15) is 52.4 Å². The summed E-state index contributed by atoms with van der Waals surface area (Å²) in [4.78, 5) is 27.5. The molecule has 3 rings (SSSR count). The largest absolute Gasteiger partial charge is 0.339 e. The van der Waals surface area contributed by atoms with Gasteiger partial charge in [0, 0.05) is 29.2 Å². The van der Waals surface area contributed by atoms with Crippen molar-refractivity contribution in [3.8, 4) is 0 Å². The third kappa shape index (κ3) is 4.25. The summed E-state index contributed by atoms with van der Waals surface area (Å²) in [6, 6.07) is 7.88. The number of nitrogens with one attached hydrogen (secondary N) is 1. The lowest BCUT2D eigenvalue weighted by molar-refractivity contribution is -0.136. The van der Waals surface area contributed by atoms with Crippen molar-refractivity contribution in [2.24, 2.45) is 11.3 Å². The SMILES string of the molecule is CC1(C)CN(C2CCCCC2)C(=O)[C@H]1CC(=O)Nc1ccc(Br)cc1. The highest BCUT2D eigenvalue weighted by molar-refractivity contribution is 9.10. The standard InChI is InChI=1S/C20H27BrN2O2/c1-20(2)13-23(16-6-4-3-5-7-16)19(25)17(20)12-18(24)22-15-10-8-14(21)9-11-15/h8-11,16-17H,3-7,12-13H2,1-2H3,(H,22,24)/t17-/m1/s1. The first-order valence-corrected chi connectivity index (χ1v) is 10.0. The molecule has 2 fully saturated rings. The van der Waals surface area contributed by atoms with Gasteiger partial charge in [-0.3, -0.25) is 9.59 Å². The molecule has 1 aliphatic carbocycles. The van der Waals surface area contributed by atoms with Crippen LogP contribution in [0.2, 0.25) is 0 Å². The molecule has 2 aliphatic rings. The fourth-order valence-electron chi connectivity index (χ4n) is 4.16. The Morgan fingerprint density at radius 3 is 2.48 bits per heavy atom. The number of halogens is 1. The summed E-state index contributed by atoms with van der Waals surface area (Å²) in [5.74, 6) is -0.146. The van der Waals surface area contributed by atoms with E-state index >= 15 is 0 Å². The Morgan fingerprint density at radius 2 is 1.84 bits per heavy atom. The molecule has 0 bridgehead atoms. The van der Waals surface area contributed by atoms with Crippen molar-refractivity contribution < 1.29 is 9.59 Å². The van der Waals surface area contributed by atoms with Gasteiger partial charge in [-0.2, -0.15) is 0 Å². The number of carbonyl (C=O) groups is 2. The van der Waals surface area contributed by atoms with Gasteiger partial charge in [-0.25, -0.2) is 0 Å². The Morgan fingerprint density at radius 1 is 1.20 bits per heavy atom. The number of rotatable bonds is 4. The molecular formula is C20H27BrN2O2.